The van der Waals surface area contributed by atoms with Crippen LogP contribution in [-0.2, 0) is 0 Å². The highest BCUT2D eigenvalue weighted by molar-refractivity contribution is 7.80. The Kier molecular flexibility index (Phi) is 7.37. The minimum atomic E-state index is 0.572. The fourth-order valence-corrected chi connectivity index (χ4v) is 2.26. The van der Waals surface area contributed by atoms with Crippen molar-refractivity contribution in [1.29, 1.82) is 0 Å². The van der Waals surface area contributed by atoms with Gasteiger partial charge in [-0.25, -0.2) is 0 Å². The largest absolute Gasteiger partial charge is 0.347 e. The highest BCUT2D eigenvalue weighted by atomic mass is 32.1. The lowest BCUT2D eigenvalue weighted by atomic mass is 10.1. The molecule has 1 N–H and O–H groups in total. The van der Waals surface area contributed by atoms with E-state index in [1.165, 1.54) is 0 Å². The summed E-state index contributed by atoms with van der Waals surface area (Å²) in [5.41, 5.74) is 5.08. The molecule has 0 aromatic heterocycles. The fourth-order valence-electron chi connectivity index (χ4n) is 2.07. The third-order valence-electron chi connectivity index (χ3n) is 2.97. The van der Waals surface area contributed by atoms with Gasteiger partial charge in [0.15, 0.2) is 5.11 Å². The second-order valence-corrected chi connectivity index (χ2v) is 6.56. The molecule has 0 aliphatic carbocycles. The molecule has 0 radical (unpaired) electrons. The summed E-state index contributed by atoms with van der Waals surface area (Å²) in [4.78, 5) is 2.20. The lowest BCUT2D eigenvalue weighted by molar-refractivity contribution is 0.324. The zero-order valence-corrected chi connectivity index (χ0v) is 14.6. The molecular formula is C17H27N3S. The van der Waals surface area contributed by atoms with E-state index in [-0.39, 0.29) is 0 Å². The van der Waals surface area contributed by atoms with Crippen molar-refractivity contribution in [3.8, 4) is 0 Å². The van der Waals surface area contributed by atoms with Crippen molar-refractivity contribution in [1.82, 2.24) is 10.3 Å². The highest BCUT2D eigenvalue weighted by Crippen LogP contribution is 2.05. The Balaban J connectivity index is 2.68. The maximum atomic E-state index is 5.49. The molecule has 0 amide bonds. The van der Waals surface area contributed by atoms with E-state index in [9.17, 15) is 0 Å². The van der Waals surface area contributed by atoms with E-state index in [4.69, 9.17) is 12.2 Å². The van der Waals surface area contributed by atoms with Crippen LogP contribution < -0.4 is 5.43 Å². The van der Waals surface area contributed by atoms with E-state index in [1.54, 1.807) is 0 Å². The zero-order valence-electron chi connectivity index (χ0n) is 13.8. The molecule has 0 aliphatic rings. The SMILES string of the molecule is C/C(=N/NC(=S)N(CC(C)C)CC(C)C)c1ccccc1. The number of hydrazone groups is 1. The number of hydrogen-bond donors (Lipinski definition) is 1. The summed E-state index contributed by atoms with van der Waals surface area (Å²) in [6.07, 6.45) is 0. The summed E-state index contributed by atoms with van der Waals surface area (Å²) in [6.45, 7) is 12.7. The van der Waals surface area contributed by atoms with Crippen molar-refractivity contribution in [3.63, 3.8) is 0 Å². The van der Waals surface area contributed by atoms with E-state index in [1.807, 2.05) is 37.3 Å². The van der Waals surface area contributed by atoms with Crippen LogP contribution in [0, 0.1) is 11.8 Å². The molecule has 0 heterocycles. The summed E-state index contributed by atoms with van der Waals surface area (Å²) in [7, 11) is 0. The Morgan fingerprint density at radius 1 is 1.10 bits per heavy atom. The van der Waals surface area contributed by atoms with Gasteiger partial charge in [-0.1, -0.05) is 58.0 Å². The first kappa shape index (κ1) is 17.6. The van der Waals surface area contributed by atoms with E-state index >= 15 is 0 Å². The summed E-state index contributed by atoms with van der Waals surface area (Å²) in [5, 5.41) is 5.12. The van der Waals surface area contributed by atoms with Gasteiger partial charge in [-0.2, -0.15) is 5.10 Å². The average Bonchev–Trinajstić information content (AvgIpc) is 2.43. The molecule has 0 saturated carbocycles. The lowest BCUT2D eigenvalue weighted by Crippen LogP contribution is -2.42. The maximum Gasteiger partial charge on any atom is 0.189 e. The summed E-state index contributed by atoms with van der Waals surface area (Å²) < 4.78 is 0. The van der Waals surface area contributed by atoms with Gasteiger partial charge in [-0.05, 0) is 36.5 Å². The molecule has 0 saturated heterocycles. The van der Waals surface area contributed by atoms with Gasteiger partial charge in [0.25, 0.3) is 0 Å². The Bertz CT molecular complexity index is 456. The Hall–Kier alpha value is -1.42. The van der Waals surface area contributed by atoms with Gasteiger partial charge in [-0.15, -0.1) is 0 Å². The van der Waals surface area contributed by atoms with E-state index < -0.39 is 0 Å². The summed E-state index contributed by atoms with van der Waals surface area (Å²) in [5.74, 6) is 1.14. The van der Waals surface area contributed by atoms with Gasteiger partial charge in [0.2, 0.25) is 0 Å². The summed E-state index contributed by atoms with van der Waals surface area (Å²) >= 11 is 5.49. The first-order valence-corrected chi connectivity index (χ1v) is 7.95. The lowest BCUT2D eigenvalue weighted by Gasteiger charge is -2.28. The predicted molar refractivity (Wildman–Crippen MR) is 95.6 cm³/mol. The molecule has 1 aromatic carbocycles. The highest BCUT2D eigenvalue weighted by Gasteiger charge is 2.12. The predicted octanol–water partition coefficient (Wildman–Crippen LogP) is 3.90. The molecule has 1 rings (SSSR count). The smallest absolute Gasteiger partial charge is 0.189 e. The van der Waals surface area contributed by atoms with Crippen LogP contribution in [0.25, 0.3) is 0 Å². The van der Waals surface area contributed by atoms with E-state index in [0.29, 0.717) is 16.9 Å². The number of hydrogen-bond acceptors (Lipinski definition) is 2. The Morgan fingerprint density at radius 2 is 1.62 bits per heavy atom. The zero-order chi connectivity index (χ0) is 15.8. The molecule has 0 aliphatic heterocycles. The van der Waals surface area contributed by atoms with Crippen molar-refractivity contribution in [3.05, 3.63) is 35.9 Å². The number of benzene rings is 1. The second-order valence-electron chi connectivity index (χ2n) is 6.17. The van der Waals surface area contributed by atoms with Crippen molar-refractivity contribution in [2.24, 2.45) is 16.9 Å². The normalized spacial score (nSPS) is 11.9. The molecule has 116 valence electrons. The van der Waals surface area contributed by atoms with Crippen molar-refractivity contribution < 1.29 is 0 Å². The van der Waals surface area contributed by atoms with Crippen LogP contribution in [0.2, 0.25) is 0 Å². The average molecular weight is 305 g/mol. The van der Waals surface area contributed by atoms with Gasteiger partial charge in [-0.3, -0.25) is 5.43 Å². The van der Waals surface area contributed by atoms with E-state index in [2.05, 4.69) is 43.1 Å². The van der Waals surface area contributed by atoms with Gasteiger partial charge >= 0.3 is 0 Å². The first-order valence-electron chi connectivity index (χ1n) is 7.54. The summed E-state index contributed by atoms with van der Waals surface area (Å²) in [6, 6.07) is 10.1. The molecule has 0 unspecified atom stereocenters. The molecule has 4 heteroatoms. The monoisotopic (exact) mass is 305 g/mol. The molecule has 3 nitrogen and oxygen atoms in total. The molecule has 0 spiro atoms. The maximum absolute atomic E-state index is 5.49. The number of thiocarbonyl (C=S) groups is 1. The molecule has 0 atom stereocenters. The van der Waals surface area contributed by atoms with Crippen molar-refractivity contribution >= 4 is 23.0 Å². The number of rotatable bonds is 6. The van der Waals surface area contributed by atoms with Gasteiger partial charge in [0.1, 0.15) is 0 Å². The van der Waals surface area contributed by atoms with Crippen molar-refractivity contribution in [2.45, 2.75) is 34.6 Å². The van der Waals surface area contributed by atoms with Crippen LogP contribution in [0.4, 0.5) is 0 Å². The molecule has 0 fully saturated rings. The minimum absolute atomic E-state index is 0.572. The van der Waals surface area contributed by atoms with Crippen LogP contribution in [0.1, 0.15) is 40.2 Å². The Morgan fingerprint density at radius 3 is 2.10 bits per heavy atom. The van der Waals surface area contributed by atoms with Crippen LogP contribution in [0.5, 0.6) is 0 Å². The van der Waals surface area contributed by atoms with Gasteiger partial charge in [0.05, 0.1) is 5.71 Å². The molecular weight excluding hydrogens is 278 g/mol. The fraction of sp³-hybridized carbons (Fsp3) is 0.529. The Labute approximate surface area is 134 Å². The topological polar surface area (TPSA) is 27.6 Å². The van der Waals surface area contributed by atoms with Gasteiger partial charge < -0.3 is 4.90 Å². The van der Waals surface area contributed by atoms with Crippen LogP contribution >= 0.6 is 12.2 Å². The third-order valence-corrected chi connectivity index (χ3v) is 3.32. The van der Waals surface area contributed by atoms with Crippen LogP contribution in [0.15, 0.2) is 35.4 Å². The first-order chi connectivity index (χ1) is 9.90. The quantitative estimate of drug-likeness (QED) is 0.491. The number of nitrogens with zero attached hydrogens (tertiary/aromatic N) is 2. The van der Waals surface area contributed by atoms with E-state index in [0.717, 1.165) is 24.4 Å². The number of nitrogens with one attached hydrogen (secondary N) is 1. The van der Waals surface area contributed by atoms with Crippen LogP contribution in [0.3, 0.4) is 0 Å². The third kappa shape index (κ3) is 6.71. The minimum Gasteiger partial charge on any atom is -0.347 e. The second kappa shape index (κ2) is 8.78. The van der Waals surface area contributed by atoms with Gasteiger partial charge in [0, 0.05) is 13.1 Å². The molecule has 0 bridgehead atoms. The van der Waals surface area contributed by atoms with Crippen LogP contribution in [-0.4, -0.2) is 28.8 Å². The van der Waals surface area contributed by atoms with Crippen molar-refractivity contribution in [2.75, 3.05) is 13.1 Å². The molecule has 1 aromatic rings. The molecule has 21 heavy (non-hydrogen) atoms. The standard InChI is InChI=1S/C17H27N3S/c1-13(2)11-20(12-14(3)4)17(21)19-18-15(5)16-9-7-6-8-10-16/h6-10,13-14H,11-12H2,1-5H3,(H,19,21)/b18-15-.